The van der Waals surface area contributed by atoms with Crippen molar-refractivity contribution in [2.45, 2.75) is 53.9 Å². The third kappa shape index (κ3) is 2.29. The third-order valence-corrected chi connectivity index (χ3v) is 6.80. The zero-order chi connectivity index (χ0) is 18.7. The minimum absolute atomic E-state index is 0.0243. The second-order valence-electron chi connectivity index (χ2n) is 9.07. The molecule has 4 heteroatoms. The lowest BCUT2D eigenvalue weighted by Crippen LogP contribution is -2.45. The van der Waals surface area contributed by atoms with Gasteiger partial charge in [-0.05, 0) is 30.1 Å². The van der Waals surface area contributed by atoms with Crippen molar-refractivity contribution in [1.29, 1.82) is 0 Å². The summed E-state index contributed by atoms with van der Waals surface area (Å²) >= 11 is 0. The molecular formula is C21H30O4. The van der Waals surface area contributed by atoms with E-state index in [4.69, 9.17) is 4.74 Å². The Balaban J connectivity index is 2.24. The summed E-state index contributed by atoms with van der Waals surface area (Å²) in [5, 5.41) is 10.2. The number of allylic oxidation sites excluding steroid dienone is 2. The number of ether oxygens (including phenoxy) is 1. The molecule has 0 aliphatic heterocycles. The summed E-state index contributed by atoms with van der Waals surface area (Å²) in [6.07, 6.45) is 2.96. The van der Waals surface area contributed by atoms with Crippen molar-refractivity contribution < 1.29 is 19.4 Å². The average Bonchev–Trinajstić information content (AvgIpc) is 2.80. The van der Waals surface area contributed by atoms with Gasteiger partial charge in [-0.25, -0.2) is 0 Å². The van der Waals surface area contributed by atoms with Gasteiger partial charge in [0.15, 0.2) is 11.5 Å². The highest BCUT2D eigenvalue weighted by atomic mass is 16.5. The van der Waals surface area contributed by atoms with E-state index in [1.54, 1.807) is 0 Å². The molecule has 0 bridgehead atoms. The molecule has 0 aromatic heterocycles. The number of rotatable bonds is 3. The van der Waals surface area contributed by atoms with Gasteiger partial charge in [0.2, 0.25) is 5.78 Å². The van der Waals surface area contributed by atoms with Crippen LogP contribution in [0.2, 0.25) is 0 Å². The van der Waals surface area contributed by atoms with Crippen LogP contribution in [0.1, 0.15) is 53.9 Å². The Hall–Kier alpha value is -1.42. The van der Waals surface area contributed by atoms with Crippen molar-refractivity contribution in [3.63, 3.8) is 0 Å². The molecule has 3 atom stereocenters. The minimum atomic E-state index is -0.372. The van der Waals surface area contributed by atoms with Crippen LogP contribution in [0.5, 0.6) is 0 Å². The normalized spacial score (nSPS) is 34.6. The zero-order valence-corrected chi connectivity index (χ0v) is 16.2. The molecule has 1 N–H and O–H groups in total. The van der Waals surface area contributed by atoms with Gasteiger partial charge in [0.1, 0.15) is 0 Å². The Morgan fingerprint density at radius 1 is 1.16 bits per heavy atom. The number of carbonyl (C=O) groups is 2. The van der Waals surface area contributed by atoms with Crippen LogP contribution in [-0.4, -0.2) is 30.4 Å². The van der Waals surface area contributed by atoms with Gasteiger partial charge in [-0.3, -0.25) is 9.59 Å². The van der Waals surface area contributed by atoms with Gasteiger partial charge in [-0.15, -0.1) is 0 Å². The first kappa shape index (κ1) is 18.4. The summed E-state index contributed by atoms with van der Waals surface area (Å²) in [5.41, 5.74) is 1.26. The molecule has 0 unspecified atom stereocenters. The topological polar surface area (TPSA) is 63.6 Å². The van der Waals surface area contributed by atoms with Crippen LogP contribution < -0.4 is 0 Å². The molecule has 3 rings (SSSR count). The van der Waals surface area contributed by atoms with E-state index in [9.17, 15) is 14.7 Å². The van der Waals surface area contributed by atoms with Crippen LogP contribution in [0, 0.1) is 28.6 Å². The number of aliphatic hydroxyl groups excluding tert-OH is 1. The van der Waals surface area contributed by atoms with Crippen LogP contribution in [0.4, 0.5) is 0 Å². The summed E-state index contributed by atoms with van der Waals surface area (Å²) in [7, 11) is 1.47. The van der Waals surface area contributed by atoms with Crippen molar-refractivity contribution in [2.75, 3.05) is 13.7 Å². The highest BCUT2D eigenvalue weighted by Crippen LogP contribution is 2.65. The molecule has 3 aliphatic carbocycles. The summed E-state index contributed by atoms with van der Waals surface area (Å²) in [5.74, 6) is -0.280. The van der Waals surface area contributed by atoms with E-state index in [-0.39, 0.29) is 52.5 Å². The van der Waals surface area contributed by atoms with Crippen molar-refractivity contribution in [3.8, 4) is 0 Å². The first-order chi connectivity index (χ1) is 11.6. The number of aliphatic hydroxyl groups is 1. The number of hydrogen-bond donors (Lipinski definition) is 1. The smallest absolute Gasteiger partial charge is 0.224 e. The number of Topliss-reactive ketones (excluding diaryl/α,β-unsaturated/α-hetero) is 2. The van der Waals surface area contributed by atoms with E-state index in [0.717, 1.165) is 19.3 Å². The lowest BCUT2D eigenvalue weighted by atomic mass is 9.54. The van der Waals surface area contributed by atoms with Gasteiger partial charge in [0.25, 0.3) is 0 Å². The first-order valence-corrected chi connectivity index (χ1v) is 9.34. The SMILES string of the molecule is COC1=C(C(C)C)C(=O)C2=C(C1=O)[C@@]1(C)CCCC(C)(C)[C@@H]1[C@H]2CO. The van der Waals surface area contributed by atoms with E-state index >= 15 is 0 Å². The van der Waals surface area contributed by atoms with Gasteiger partial charge in [-0.1, -0.05) is 41.0 Å². The van der Waals surface area contributed by atoms with E-state index in [1.807, 2.05) is 13.8 Å². The van der Waals surface area contributed by atoms with Crippen LogP contribution in [0.15, 0.2) is 22.5 Å². The molecule has 138 valence electrons. The standard InChI is InChI=1S/C21H30O4/c1-11(2)13-16(23)14-12(10-22)19-20(3,4)8-7-9-21(19,5)15(14)17(24)18(13)25-6/h11-12,19,22H,7-10H2,1-6H3/t12-,19-,21+/m0/s1. The number of hydrogen-bond acceptors (Lipinski definition) is 4. The van der Waals surface area contributed by atoms with Gasteiger partial charge in [-0.2, -0.15) is 0 Å². The number of carbonyl (C=O) groups excluding carboxylic acids is 2. The molecule has 0 amide bonds. The average molecular weight is 346 g/mol. The maximum Gasteiger partial charge on any atom is 0.224 e. The van der Waals surface area contributed by atoms with Gasteiger partial charge in [0.05, 0.1) is 13.7 Å². The lowest BCUT2D eigenvalue weighted by Gasteiger charge is -2.50. The fraction of sp³-hybridized carbons (Fsp3) is 0.714. The minimum Gasteiger partial charge on any atom is -0.492 e. The fourth-order valence-electron chi connectivity index (χ4n) is 6.08. The molecule has 4 nitrogen and oxygen atoms in total. The summed E-state index contributed by atoms with van der Waals surface area (Å²) in [6.45, 7) is 10.3. The molecule has 3 aliphatic rings. The van der Waals surface area contributed by atoms with E-state index in [0.29, 0.717) is 16.7 Å². The second-order valence-corrected chi connectivity index (χ2v) is 9.07. The predicted octanol–water partition coefficient (Wildman–Crippen LogP) is 3.45. The maximum atomic E-state index is 13.4. The molecule has 0 radical (unpaired) electrons. The van der Waals surface area contributed by atoms with Gasteiger partial charge >= 0.3 is 0 Å². The Morgan fingerprint density at radius 2 is 1.80 bits per heavy atom. The van der Waals surface area contributed by atoms with Crippen LogP contribution in [0.25, 0.3) is 0 Å². The molecule has 0 aromatic carbocycles. The largest absolute Gasteiger partial charge is 0.492 e. The van der Waals surface area contributed by atoms with Gasteiger partial charge < -0.3 is 9.84 Å². The number of fused-ring (bicyclic) bond motifs is 2. The monoisotopic (exact) mass is 346 g/mol. The quantitative estimate of drug-likeness (QED) is 0.795. The molecule has 1 fully saturated rings. The van der Waals surface area contributed by atoms with Crippen molar-refractivity contribution in [2.24, 2.45) is 28.6 Å². The van der Waals surface area contributed by atoms with Gasteiger partial charge in [0, 0.05) is 28.1 Å². The Bertz CT molecular complexity index is 693. The summed E-state index contributed by atoms with van der Waals surface area (Å²) in [4.78, 5) is 26.7. The Kier molecular flexibility index (Phi) is 4.26. The molecule has 1 saturated carbocycles. The number of methoxy groups -OCH3 is 1. The van der Waals surface area contributed by atoms with Crippen molar-refractivity contribution in [3.05, 3.63) is 22.5 Å². The predicted molar refractivity (Wildman–Crippen MR) is 95.7 cm³/mol. The molecule has 0 heterocycles. The van der Waals surface area contributed by atoms with E-state index in [1.165, 1.54) is 7.11 Å². The molecule has 0 spiro atoms. The highest BCUT2D eigenvalue weighted by Gasteiger charge is 2.62. The molecule has 0 saturated heterocycles. The molecule has 25 heavy (non-hydrogen) atoms. The highest BCUT2D eigenvalue weighted by molar-refractivity contribution is 6.26. The zero-order valence-electron chi connectivity index (χ0n) is 16.2. The lowest BCUT2D eigenvalue weighted by molar-refractivity contribution is -0.120. The summed E-state index contributed by atoms with van der Waals surface area (Å²) < 4.78 is 5.41. The molecular weight excluding hydrogens is 316 g/mol. The Morgan fingerprint density at radius 3 is 2.32 bits per heavy atom. The summed E-state index contributed by atoms with van der Waals surface area (Å²) in [6, 6.07) is 0. The van der Waals surface area contributed by atoms with Crippen molar-refractivity contribution >= 4 is 11.6 Å². The maximum absolute atomic E-state index is 13.4. The van der Waals surface area contributed by atoms with E-state index < -0.39 is 0 Å². The first-order valence-electron chi connectivity index (χ1n) is 9.34. The Labute approximate surface area is 150 Å². The van der Waals surface area contributed by atoms with E-state index in [2.05, 4.69) is 20.8 Å². The molecule has 0 aromatic rings. The van der Waals surface area contributed by atoms with Crippen LogP contribution >= 0.6 is 0 Å². The van der Waals surface area contributed by atoms with Crippen molar-refractivity contribution in [1.82, 2.24) is 0 Å². The number of ketones is 2. The third-order valence-electron chi connectivity index (χ3n) is 6.80. The second kappa shape index (κ2) is 5.80. The van der Waals surface area contributed by atoms with Crippen LogP contribution in [0.3, 0.4) is 0 Å². The fourth-order valence-corrected chi connectivity index (χ4v) is 6.08. The van der Waals surface area contributed by atoms with Crippen LogP contribution in [-0.2, 0) is 14.3 Å².